The fourth-order valence-corrected chi connectivity index (χ4v) is 4.31. The summed E-state index contributed by atoms with van der Waals surface area (Å²) in [5.74, 6) is 2.45. The van der Waals surface area contributed by atoms with E-state index in [1.165, 1.54) is 0 Å². The number of hydrogen-bond donors (Lipinski definition) is 1. The van der Waals surface area contributed by atoms with Gasteiger partial charge in [-0.05, 0) is 67.6 Å². The number of aromatic nitrogens is 2. The number of carbonyl (C=O) groups excluding carboxylic acids is 1. The lowest BCUT2D eigenvalue weighted by Crippen LogP contribution is -2.31. The summed E-state index contributed by atoms with van der Waals surface area (Å²) in [4.78, 5) is 17.2. The molecule has 0 saturated heterocycles. The molecule has 6 nitrogen and oxygen atoms in total. The molecule has 1 amide bonds. The van der Waals surface area contributed by atoms with Crippen LogP contribution in [0.15, 0.2) is 79.4 Å². The summed E-state index contributed by atoms with van der Waals surface area (Å²) in [6.07, 6.45) is 4.15. The first-order chi connectivity index (χ1) is 18.0. The van der Waals surface area contributed by atoms with Crippen LogP contribution in [-0.4, -0.2) is 35.2 Å². The summed E-state index contributed by atoms with van der Waals surface area (Å²) in [5, 5.41) is 2.96. The normalized spacial score (nSPS) is 10.9. The Hall–Kier alpha value is -4.06. The predicted molar refractivity (Wildman–Crippen MR) is 148 cm³/mol. The number of hydrogen-bond acceptors (Lipinski definition) is 4. The number of aryl methyl sites for hydroxylation is 3. The summed E-state index contributed by atoms with van der Waals surface area (Å²) in [6.45, 7) is 9.68. The number of rotatable bonds is 13. The van der Waals surface area contributed by atoms with Crippen LogP contribution in [0.4, 0.5) is 0 Å². The lowest BCUT2D eigenvalue weighted by Gasteiger charge is -2.13. The maximum atomic E-state index is 12.4. The van der Waals surface area contributed by atoms with E-state index < -0.39 is 0 Å². The molecule has 3 aromatic carbocycles. The molecule has 6 heteroatoms. The second-order valence-electron chi connectivity index (χ2n) is 9.13. The first-order valence-electron chi connectivity index (χ1n) is 12.8. The van der Waals surface area contributed by atoms with Crippen LogP contribution in [0.2, 0.25) is 0 Å². The van der Waals surface area contributed by atoms with Crippen LogP contribution < -0.4 is 14.8 Å². The molecule has 0 radical (unpaired) electrons. The fourth-order valence-electron chi connectivity index (χ4n) is 4.31. The highest BCUT2D eigenvalue weighted by molar-refractivity contribution is 5.78. The molecule has 0 fully saturated rings. The van der Waals surface area contributed by atoms with Crippen molar-refractivity contribution in [1.29, 1.82) is 0 Å². The van der Waals surface area contributed by atoms with E-state index in [-0.39, 0.29) is 12.5 Å². The topological polar surface area (TPSA) is 65.4 Å². The monoisotopic (exact) mass is 497 g/mol. The third-order valence-corrected chi connectivity index (χ3v) is 6.23. The van der Waals surface area contributed by atoms with Crippen molar-refractivity contribution in [2.24, 2.45) is 0 Å². The number of nitrogens with one attached hydrogen (secondary N) is 1. The molecule has 1 heterocycles. The highest BCUT2D eigenvalue weighted by Crippen LogP contribution is 2.21. The van der Waals surface area contributed by atoms with Crippen LogP contribution in [0.25, 0.3) is 11.0 Å². The zero-order valence-electron chi connectivity index (χ0n) is 21.7. The standard InChI is InChI=1S/C31H35N3O3/c1-4-10-25-11-5-8-14-28(25)36-20-9-19-34-27-13-7-6-12-26(27)33-30(34)17-18-32-31(35)22-37-29-21-23(2)15-16-24(29)3/h4-8,11-16,21H,1,9-10,17-20,22H2,2-3H3,(H,32,35). The number of nitrogens with zero attached hydrogens (tertiary/aromatic N) is 2. The number of benzene rings is 3. The quantitative estimate of drug-likeness (QED) is 0.193. The summed E-state index contributed by atoms with van der Waals surface area (Å²) in [7, 11) is 0. The van der Waals surface area contributed by atoms with Gasteiger partial charge in [-0.3, -0.25) is 4.79 Å². The molecule has 37 heavy (non-hydrogen) atoms. The Labute approximate surface area is 218 Å². The summed E-state index contributed by atoms with van der Waals surface area (Å²) >= 11 is 0. The molecular weight excluding hydrogens is 462 g/mol. The van der Waals surface area contributed by atoms with Gasteiger partial charge in [0.2, 0.25) is 0 Å². The minimum Gasteiger partial charge on any atom is -0.493 e. The largest absolute Gasteiger partial charge is 0.493 e. The van der Waals surface area contributed by atoms with Gasteiger partial charge in [0, 0.05) is 19.5 Å². The minimum atomic E-state index is -0.143. The zero-order valence-corrected chi connectivity index (χ0v) is 21.7. The van der Waals surface area contributed by atoms with Gasteiger partial charge in [-0.15, -0.1) is 6.58 Å². The molecule has 0 aliphatic rings. The molecule has 0 bridgehead atoms. The smallest absolute Gasteiger partial charge is 0.257 e. The maximum absolute atomic E-state index is 12.4. The SMILES string of the molecule is C=CCc1ccccc1OCCCn1c(CCNC(=O)COc2cc(C)ccc2C)nc2ccccc21. The Bertz CT molecular complexity index is 1360. The van der Waals surface area contributed by atoms with Crippen molar-refractivity contribution in [2.45, 2.75) is 39.7 Å². The molecular formula is C31H35N3O3. The number of ether oxygens (including phenoxy) is 2. The van der Waals surface area contributed by atoms with E-state index in [0.717, 1.165) is 64.4 Å². The molecule has 0 saturated carbocycles. The zero-order chi connectivity index (χ0) is 26.0. The predicted octanol–water partition coefficient (Wildman–Crippen LogP) is 5.59. The van der Waals surface area contributed by atoms with Gasteiger partial charge >= 0.3 is 0 Å². The van der Waals surface area contributed by atoms with Crippen molar-refractivity contribution < 1.29 is 14.3 Å². The fraction of sp³-hybridized carbons (Fsp3) is 0.290. The Morgan fingerprint density at radius 1 is 1.03 bits per heavy atom. The molecule has 4 aromatic rings. The number of para-hydroxylation sites is 3. The first-order valence-corrected chi connectivity index (χ1v) is 12.8. The van der Waals surface area contributed by atoms with Crippen LogP contribution in [0, 0.1) is 13.8 Å². The second kappa shape index (κ2) is 12.8. The van der Waals surface area contributed by atoms with Crippen molar-refractivity contribution in [3.05, 3.63) is 102 Å². The maximum Gasteiger partial charge on any atom is 0.257 e. The molecule has 1 aromatic heterocycles. The van der Waals surface area contributed by atoms with Gasteiger partial charge in [0.25, 0.3) is 5.91 Å². The van der Waals surface area contributed by atoms with Gasteiger partial charge in [0.15, 0.2) is 6.61 Å². The average molecular weight is 498 g/mol. The van der Waals surface area contributed by atoms with Crippen LogP contribution >= 0.6 is 0 Å². The number of fused-ring (bicyclic) bond motifs is 1. The van der Waals surface area contributed by atoms with Gasteiger partial charge < -0.3 is 19.4 Å². The molecule has 0 unspecified atom stereocenters. The van der Waals surface area contributed by atoms with Gasteiger partial charge in [-0.2, -0.15) is 0 Å². The van der Waals surface area contributed by atoms with E-state index in [1.807, 2.05) is 74.5 Å². The number of carbonyl (C=O) groups is 1. The molecule has 0 aliphatic heterocycles. The third-order valence-electron chi connectivity index (χ3n) is 6.23. The van der Waals surface area contributed by atoms with Crippen molar-refractivity contribution in [1.82, 2.24) is 14.9 Å². The lowest BCUT2D eigenvalue weighted by molar-refractivity contribution is -0.123. The van der Waals surface area contributed by atoms with E-state index >= 15 is 0 Å². The molecule has 0 aliphatic carbocycles. The first kappa shape index (κ1) is 26.0. The molecule has 1 N–H and O–H groups in total. The van der Waals surface area contributed by atoms with E-state index in [9.17, 15) is 4.79 Å². The van der Waals surface area contributed by atoms with Crippen LogP contribution in [0.1, 0.15) is 28.9 Å². The van der Waals surface area contributed by atoms with Gasteiger partial charge in [0.05, 0.1) is 17.6 Å². The van der Waals surface area contributed by atoms with E-state index in [0.29, 0.717) is 19.6 Å². The third kappa shape index (κ3) is 7.00. The molecule has 0 spiro atoms. The minimum absolute atomic E-state index is 0.00856. The highest BCUT2D eigenvalue weighted by Gasteiger charge is 2.12. The van der Waals surface area contributed by atoms with Crippen molar-refractivity contribution in [2.75, 3.05) is 19.8 Å². The number of imidazole rings is 1. The van der Waals surface area contributed by atoms with Crippen molar-refractivity contribution >= 4 is 16.9 Å². The lowest BCUT2D eigenvalue weighted by atomic mass is 10.1. The average Bonchev–Trinajstić information content (AvgIpc) is 3.25. The Kier molecular flexibility index (Phi) is 8.98. The summed E-state index contributed by atoms with van der Waals surface area (Å²) in [5.41, 5.74) is 5.31. The molecule has 192 valence electrons. The van der Waals surface area contributed by atoms with Crippen LogP contribution in [0.3, 0.4) is 0 Å². The van der Waals surface area contributed by atoms with Crippen molar-refractivity contribution in [3.8, 4) is 11.5 Å². The molecule has 4 rings (SSSR count). The van der Waals surface area contributed by atoms with E-state index in [4.69, 9.17) is 14.5 Å². The van der Waals surface area contributed by atoms with Crippen LogP contribution in [0.5, 0.6) is 11.5 Å². The van der Waals surface area contributed by atoms with Gasteiger partial charge in [-0.1, -0.05) is 48.5 Å². The molecule has 0 atom stereocenters. The second-order valence-corrected chi connectivity index (χ2v) is 9.13. The number of allylic oxidation sites excluding steroid dienone is 1. The van der Waals surface area contributed by atoms with E-state index in [1.54, 1.807) is 0 Å². The number of amides is 1. The highest BCUT2D eigenvalue weighted by atomic mass is 16.5. The van der Waals surface area contributed by atoms with Crippen LogP contribution in [-0.2, 0) is 24.2 Å². The summed E-state index contributed by atoms with van der Waals surface area (Å²) < 4.78 is 14.0. The Balaban J connectivity index is 1.31. The Morgan fingerprint density at radius 2 is 1.84 bits per heavy atom. The Morgan fingerprint density at radius 3 is 2.70 bits per heavy atom. The van der Waals surface area contributed by atoms with Gasteiger partial charge in [0.1, 0.15) is 17.3 Å². The van der Waals surface area contributed by atoms with Gasteiger partial charge in [-0.25, -0.2) is 4.98 Å². The van der Waals surface area contributed by atoms with E-state index in [2.05, 4.69) is 28.6 Å². The van der Waals surface area contributed by atoms with Crippen molar-refractivity contribution in [3.63, 3.8) is 0 Å². The summed E-state index contributed by atoms with van der Waals surface area (Å²) in [6, 6.07) is 22.2.